The van der Waals surface area contributed by atoms with Gasteiger partial charge in [0, 0.05) is 11.6 Å². The first kappa shape index (κ1) is 22.3. The Morgan fingerprint density at radius 1 is 1.18 bits per heavy atom. The number of nitrogens with one attached hydrogen (secondary N) is 2. The van der Waals surface area contributed by atoms with E-state index in [1.54, 1.807) is 29.3 Å². The summed E-state index contributed by atoms with van der Waals surface area (Å²) in [4.78, 5) is 16.2. The second-order valence-electron chi connectivity index (χ2n) is 7.32. The molecular weight excluding hydrogens is 444 g/mol. The number of aliphatic hydroxyl groups is 1. The molecule has 0 saturated heterocycles. The van der Waals surface area contributed by atoms with Gasteiger partial charge in [0.15, 0.2) is 5.84 Å². The fraction of sp³-hybridized carbons (Fsp3) is 0.190. The van der Waals surface area contributed by atoms with Crippen LogP contribution in [0.15, 0.2) is 58.3 Å². The SMILES string of the molecule is NC1=NC=NN2CC(CO)C(c3ccc(NC(=O)Nc4cc(C(F)(F)F)ccc4F)cc3)=C12. The first-order valence-corrected chi connectivity index (χ1v) is 9.71. The second-order valence-corrected chi connectivity index (χ2v) is 7.32. The molecule has 8 nitrogen and oxygen atoms in total. The van der Waals surface area contributed by atoms with Gasteiger partial charge in [0.1, 0.15) is 17.9 Å². The predicted octanol–water partition coefficient (Wildman–Crippen LogP) is 3.44. The van der Waals surface area contributed by atoms with Gasteiger partial charge < -0.3 is 21.5 Å². The van der Waals surface area contributed by atoms with Crippen molar-refractivity contribution in [2.45, 2.75) is 6.18 Å². The summed E-state index contributed by atoms with van der Waals surface area (Å²) >= 11 is 0. The van der Waals surface area contributed by atoms with E-state index in [4.69, 9.17) is 5.73 Å². The molecule has 2 aromatic rings. The molecule has 0 saturated carbocycles. The molecule has 2 aliphatic rings. The fourth-order valence-electron chi connectivity index (χ4n) is 3.65. The van der Waals surface area contributed by atoms with Gasteiger partial charge in [-0.3, -0.25) is 5.01 Å². The van der Waals surface area contributed by atoms with Crippen LogP contribution in [-0.2, 0) is 6.18 Å². The summed E-state index contributed by atoms with van der Waals surface area (Å²) in [6, 6.07) is 7.30. The molecule has 0 radical (unpaired) electrons. The van der Waals surface area contributed by atoms with E-state index in [1.165, 1.54) is 6.34 Å². The number of hydrazone groups is 1. The zero-order valence-electron chi connectivity index (χ0n) is 16.9. The fourth-order valence-corrected chi connectivity index (χ4v) is 3.65. The molecule has 172 valence electrons. The van der Waals surface area contributed by atoms with Crippen molar-refractivity contribution in [3.63, 3.8) is 0 Å². The van der Waals surface area contributed by atoms with E-state index in [2.05, 4.69) is 20.7 Å². The Labute approximate surface area is 185 Å². The summed E-state index contributed by atoms with van der Waals surface area (Å²) in [5, 5.41) is 20.1. The minimum atomic E-state index is -4.67. The van der Waals surface area contributed by atoms with Gasteiger partial charge >= 0.3 is 12.2 Å². The molecule has 33 heavy (non-hydrogen) atoms. The topological polar surface area (TPSA) is 115 Å². The number of aliphatic imine (C=N–C) groups is 1. The average Bonchev–Trinajstić information content (AvgIpc) is 3.15. The number of hydrogen-bond acceptors (Lipinski definition) is 6. The number of aliphatic hydroxyl groups excluding tert-OH is 1. The molecule has 0 spiro atoms. The highest BCUT2D eigenvalue weighted by molar-refractivity contribution is 6.08. The summed E-state index contributed by atoms with van der Waals surface area (Å²) in [6.07, 6.45) is -3.35. The average molecular weight is 462 g/mol. The van der Waals surface area contributed by atoms with Crippen molar-refractivity contribution in [3.8, 4) is 0 Å². The third-order valence-corrected chi connectivity index (χ3v) is 5.16. The van der Waals surface area contributed by atoms with Crippen LogP contribution in [0.1, 0.15) is 11.1 Å². The van der Waals surface area contributed by atoms with Gasteiger partial charge in [0.25, 0.3) is 0 Å². The molecule has 0 fully saturated rings. The van der Waals surface area contributed by atoms with Crippen LogP contribution in [0.4, 0.5) is 33.7 Å². The molecule has 2 aromatic carbocycles. The molecule has 12 heteroatoms. The van der Waals surface area contributed by atoms with Crippen LogP contribution >= 0.6 is 0 Å². The van der Waals surface area contributed by atoms with Gasteiger partial charge in [0.05, 0.1) is 24.4 Å². The summed E-state index contributed by atoms with van der Waals surface area (Å²) in [5.74, 6) is -0.993. The zero-order chi connectivity index (χ0) is 23.8. The second kappa shape index (κ2) is 8.54. The molecule has 5 N–H and O–H groups in total. The number of amides is 2. The van der Waals surface area contributed by atoms with Crippen LogP contribution in [0.5, 0.6) is 0 Å². The lowest BCUT2D eigenvalue weighted by atomic mass is 9.93. The van der Waals surface area contributed by atoms with Crippen LogP contribution in [0, 0.1) is 11.7 Å². The summed E-state index contributed by atoms with van der Waals surface area (Å²) in [6.45, 7) is 0.294. The summed E-state index contributed by atoms with van der Waals surface area (Å²) in [7, 11) is 0. The van der Waals surface area contributed by atoms with E-state index in [9.17, 15) is 27.5 Å². The van der Waals surface area contributed by atoms with E-state index < -0.39 is 29.3 Å². The maximum absolute atomic E-state index is 13.9. The lowest BCUT2D eigenvalue weighted by Gasteiger charge is -2.18. The first-order chi connectivity index (χ1) is 15.7. The maximum Gasteiger partial charge on any atom is 0.416 e. The monoisotopic (exact) mass is 462 g/mol. The van der Waals surface area contributed by atoms with Crippen LogP contribution in [0.2, 0.25) is 0 Å². The molecular formula is C21H18F4N6O2. The Balaban J connectivity index is 1.51. The zero-order valence-corrected chi connectivity index (χ0v) is 16.9. The number of alkyl halides is 3. The number of fused-ring (bicyclic) bond motifs is 1. The molecule has 2 heterocycles. The Morgan fingerprint density at radius 3 is 2.58 bits per heavy atom. The molecule has 1 atom stereocenters. The normalized spacial score (nSPS) is 17.7. The highest BCUT2D eigenvalue weighted by atomic mass is 19.4. The van der Waals surface area contributed by atoms with Crippen LogP contribution < -0.4 is 16.4 Å². The Hall–Kier alpha value is -3.93. The third-order valence-electron chi connectivity index (χ3n) is 5.16. The van der Waals surface area contributed by atoms with Gasteiger partial charge in [-0.05, 0) is 41.5 Å². The Kier molecular flexibility index (Phi) is 5.77. The number of carbonyl (C=O) groups excluding carboxylic acids is 1. The Bertz CT molecular complexity index is 1170. The summed E-state index contributed by atoms with van der Waals surface area (Å²) < 4.78 is 52.4. The van der Waals surface area contributed by atoms with Gasteiger partial charge in [-0.15, -0.1) is 0 Å². The van der Waals surface area contributed by atoms with Crippen molar-refractivity contribution in [3.05, 3.63) is 65.1 Å². The number of rotatable bonds is 4. The van der Waals surface area contributed by atoms with E-state index in [1.807, 2.05) is 0 Å². The smallest absolute Gasteiger partial charge is 0.396 e. The van der Waals surface area contributed by atoms with Crippen molar-refractivity contribution >= 4 is 35.2 Å². The quantitative estimate of drug-likeness (QED) is 0.521. The number of nitrogens with zero attached hydrogens (tertiary/aromatic N) is 3. The minimum Gasteiger partial charge on any atom is -0.396 e. The number of urea groups is 1. The lowest BCUT2D eigenvalue weighted by Crippen LogP contribution is -2.29. The lowest BCUT2D eigenvalue weighted by molar-refractivity contribution is -0.137. The number of nitrogens with two attached hydrogens (primary N) is 1. The van der Waals surface area contributed by atoms with E-state index in [0.717, 1.165) is 11.1 Å². The number of amidine groups is 1. The maximum atomic E-state index is 13.9. The van der Waals surface area contributed by atoms with E-state index >= 15 is 0 Å². The molecule has 4 rings (SSSR count). The predicted molar refractivity (Wildman–Crippen MR) is 115 cm³/mol. The van der Waals surface area contributed by atoms with Gasteiger partial charge in [-0.1, -0.05) is 12.1 Å². The van der Waals surface area contributed by atoms with Gasteiger partial charge in [0.2, 0.25) is 0 Å². The van der Waals surface area contributed by atoms with Crippen LogP contribution in [0.25, 0.3) is 5.57 Å². The molecule has 2 amide bonds. The van der Waals surface area contributed by atoms with Crippen LogP contribution in [-0.4, -0.2) is 41.5 Å². The largest absolute Gasteiger partial charge is 0.416 e. The minimum absolute atomic E-state index is 0.136. The molecule has 0 aliphatic carbocycles. The molecule has 1 unspecified atom stereocenters. The number of halogens is 4. The van der Waals surface area contributed by atoms with Crippen molar-refractivity contribution in [1.82, 2.24) is 5.01 Å². The Morgan fingerprint density at radius 2 is 1.91 bits per heavy atom. The first-order valence-electron chi connectivity index (χ1n) is 9.71. The van der Waals surface area contributed by atoms with Crippen molar-refractivity contribution in [1.29, 1.82) is 0 Å². The molecule has 0 bridgehead atoms. The van der Waals surface area contributed by atoms with Crippen molar-refractivity contribution in [2.75, 3.05) is 23.8 Å². The number of hydrogen-bond donors (Lipinski definition) is 4. The number of benzene rings is 2. The highest BCUT2D eigenvalue weighted by Gasteiger charge is 2.35. The van der Waals surface area contributed by atoms with E-state index in [0.29, 0.717) is 36.1 Å². The van der Waals surface area contributed by atoms with Crippen molar-refractivity contribution < 1.29 is 27.5 Å². The van der Waals surface area contributed by atoms with Crippen molar-refractivity contribution in [2.24, 2.45) is 21.7 Å². The van der Waals surface area contributed by atoms with Crippen LogP contribution in [0.3, 0.4) is 0 Å². The number of carbonyl (C=O) groups is 1. The highest BCUT2D eigenvalue weighted by Crippen LogP contribution is 2.37. The van der Waals surface area contributed by atoms with E-state index in [-0.39, 0.29) is 18.4 Å². The summed E-state index contributed by atoms with van der Waals surface area (Å²) in [5.41, 5.74) is 6.68. The molecule has 0 aromatic heterocycles. The van der Waals surface area contributed by atoms with Gasteiger partial charge in [-0.2, -0.15) is 18.3 Å². The van der Waals surface area contributed by atoms with Gasteiger partial charge in [-0.25, -0.2) is 14.2 Å². The number of anilines is 2. The standard InChI is InChI=1S/C21H18F4N6O2/c22-15-6-3-13(21(23,24)25)7-16(15)30-20(33)29-14-4-1-11(2-5-14)17-12(9-32)8-31-18(17)19(26)27-10-28-31/h1-7,10,12,32H,8-9H2,(H2,26,27,28)(H2,29,30,33). The molecule has 2 aliphatic heterocycles. The third kappa shape index (κ3) is 4.51.